The smallest absolute Gasteiger partial charge is 0.226 e. The van der Waals surface area contributed by atoms with Crippen LogP contribution in [0.25, 0.3) is 0 Å². The Hall–Kier alpha value is -1.88. The molecule has 2 unspecified atom stereocenters. The number of carbonyl (C=O) groups is 2. The minimum atomic E-state index is -0.0744. The third kappa shape index (κ3) is 4.60. The molecule has 0 saturated carbocycles. The van der Waals surface area contributed by atoms with Gasteiger partial charge in [0.25, 0.3) is 0 Å². The van der Waals surface area contributed by atoms with Gasteiger partial charge in [0.1, 0.15) is 0 Å². The highest BCUT2D eigenvalue weighted by atomic mass is 16.2. The number of rotatable bonds is 5. The first-order valence-corrected chi connectivity index (χ1v) is 9.38. The van der Waals surface area contributed by atoms with E-state index in [4.69, 9.17) is 0 Å². The topological polar surface area (TPSA) is 70.2 Å². The van der Waals surface area contributed by atoms with Gasteiger partial charge >= 0.3 is 0 Å². The molecule has 2 amide bonds. The zero-order valence-electron chi connectivity index (χ0n) is 15.4. The van der Waals surface area contributed by atoms with Crippen molar-refractivity contribution in [3.05, 3.63) is 23.8 Å². The van der Waals surface area contributed by atoms with E-state index in [0.29, 0.717) is 24.4 Å². The second-order valence-corrected chi connectivity index (χ2v) is 7.90. The van der Waals surface area contributed by atoms with E-state index >= 15 is 0 Å². The highest BCUT2D eigenvalue weighted by molar-refractivity contribution is 5.95. The first kappa shape index (κ1) is 17.9. The number of amides is 2. The average molecular weight is 343 g/mol. The number of piperidine rings is 1. The molecule has 2 fully saturated rings. The van der Waals surface area contributed by atoms with Crippen LogP contribution in [0.1, 0.15) is 51.5 Å². The molecule has 1 aromatic carbocycles. The zero-order valence-corrected chi connectivity index (χ0v) is 15.4. The quantitative estimate of drug-likeness (QED) is 0.767. The van der Waals surface area contributed by atoms with Gasteiger partial charge in [0.05, 0.1) is 0 Å². The van der Waals surface area contributed by atoms with Crippen LogP contribution in [0.3, 0.4) is 0 Å². The molecule has 25 heavy (non-hydrogen) atoms. The lowest BCUT2D eigenvalue weighted by atomic mass is 9.89. The lowest BCUT2D eigenvalue weighted by molar-refractivity contribution is -0.119. The number of anilines is 2. The highest BCUT2D eigenvalue weighted by Gasteiger charge is 2.34. The molecule has 2 heterocycles. The summed E-state index contributed by atoms with van der Waals surface area (Å²) < 4.78 is 0. The monoisotopic (exact) mass is 343 g/mol. The number of carbonyl (C=O) groups excluding carboxylic acids is 2. The van der Waals surface area contributed by atoms with Gasteiger partial charge in [-0.1, -0.05) is 19.9 Å². The van der Waals surface area contributed by atoms with Crippen molar-refractivity contribution in [2.24, 2.45) is 11.8 Å². The van der Waals surface area contributed by atoms with Crippen molar-refractivity contribution in [3.8, 4) is 0 Å². The normalized spacial score (nSPS) is 25.0. The Balaban J connectivity index is 1.59. The second-order valence-electron chi connectivity index (χ2n) is 7.90. The SMILES string of the molecule is Cc1ccc(NC(=O)C(C)C)cc1NC(=O)CC1CC2CCC(C1)N2. The summed E-state index contributed by atoms with van der Waals surface area (Å²) in [6, 6.07) is 6.85. The van der Waals surface area contributed by atoms with Crippen LogP contribution < -0.4 is 16.0 Å². The molecule has 0 spiro atoms. The van der Waals surface area contributed by atoms with Gasteiger partial charge in [-0.3, -0.25) is 9.59 Å². The van der Waals surface area contributed by atoms with Crippen LogP contribution in [0.2, 0.25) is 0 Å². The lowest BCUT2D eigenvalue weighted by Gasteiger charge is -2.28. The molecule has 1 aromatic rings. The maximum Gasteiger partial charge on any atom is 0.226 e. The van der Waals surface area contributed by atoms with Crippen molar-refractivity contribution in [3.63, 3.8) is 0 Å². The van der Waals surface area contributed by atoms with Crippen LogP contribution in [-0.2, 0) is 9.59 Å². The van der Waals surface area contributed by atoms with Crippen molar-refractivity contribution < 1.29 is 9.59 Å². The Bertz CT molecular complexity index is 644. The number of nitrogens with one attached hydrogen (secondary N) is 3. The maximum atomic E-state index is 12.5. The number of aryl methyl sites for hydroxylation is 1. The van der Waals surface area contributed by atoms with Gasteiger partial charge in [0.2, 0.25) is 11.8 Å². The number of hydrogen-bond donors (Lipinski definition) is 3. The lowest BCUT2D eigenvalue weighted by Crippen LogP contribution is -2.39. The summed E-state index contributed by atoms with van der Waals surface area (Å²) in [6.07, 6.45) is 5.29. The van der Waals surface area contributed by atoms with Gasteiger partial charge in [-0.2, -0.15) is 0 Å². The predicted molar refractivity (Wildman–Crippen MR) is 101 cm³/mol. The summed E-state index contributed by atoms with van der Waals surface area (Å²) in [5, 5.41) is 9.54. The van der Waals surface area contributed by atoms with E-state index in [-0.39, 0.29) is 17.7 Å². The molecule has 5 nitrogen and oxygen atoms in total. The Morgan fingerprint density at radius 1 is 1.16 bits per heavy atom. The number of benzene rings is 1. The molecule has 2 saturated heterocycles. The van der Waals surface area contributed by atoms with Crippen LogP contribution in [0.5, 0.6) is 0 Å². The molecule has 2 bridgehead atoms. The summed E-state index contributed by atoms with van der Waals surface area (Å²) in [7, 11) is 0. The largest absolute Gasteiger partial charge is 0.326 e. The van der Waals surface area contributed by atoms with Gasteiger partial charge in [0, 0.05) is 35.8 Å². The molecule has 2 aliphatic heterocycles. The highest BCUT2D eigenvalue weighted by Crippen LogP contribution is 2.33. The fourth-order valence-electron chi connectivity index (χ4n) is 3.93. The van der Waals surface area contributed by atoms with Crippen LogP contribution >= 0.6 is 0 Å². The van der Waals surface area contributed by atoms with Crippen molar-refractivity contribution in [2.75, 3.05) is 10.6 Å². The van der Waals surface area contributed by atoms with Gasteiger partial charge < -0.3 is 16.0 Å². The maximum absolute atomic E-state index is 12.5. The van der Waals surface area contributed by atoms with Crippen molar-refractivity contribution in [1.29, 1.82) is 0 Å². The van der Waals surface area contributed by atoms with E-state index in [9.17, 15) is 9.59 Å². The Morgan fingerprint density at radius 3 is 2.48 bits per heavy atom. The Labute approximate surface area is 150 Å². The van der Waals surface area contributed by atoms with Crippen molar-refractivity contribution in [1.82, 2.24) is 5.32 Å². The molecule has 5 heteroatoms. The van der Waals surface area contributed by atoms with Gasteiger partial charge in [-0.25, -0.2) is 0 Å². The van der Waals surface area contributed by atoms with E-state index in [1.807, 2.05) is 39.0 Å². The van der Waals surface area contributed by atoms with Gasteiger partial charge in [-0.15, -0.1) is 0 Å². The fourth-order valence-corrected chi connectivity index (χ4v) is 3.93. The molecule has 2 aliphatic rings. The van der Waals surface area contributed by atoms with E-state index in [1.165, 1.54) is 12.8 Å². The molecular formula is C20H29N3O2. The summed E-state index contributed by atoms with van der Waals surface area (Å²) in [6.45, 7) is 5.69. The molecule has 3 N–H and O–H groups in total. The van der Waals surface area contributed by atoms with E-state index in [0.717, 1.165) is 29.8 Å². The zero-order chi connectivity index (χ0) is 18.0. The van der Waals surface area contributed by atoms with E-state index in [2.05, 4.69) is 16.0 Å². The number of hydrogen-bond acceptors (Lipinski definition) is 3. The first-order valence-electron chi connectivity index (χ1n) is 9.38. The first-order chi connectivity index (χ1) is 11.9. The predicted octanol–water partition coefficient (Wildman–Crippen LogP) is 3.45. The van der Waals surface area contributed by atoms with E-state index in [1.54, 1.807) is 0 Å². The molecule has 0 aromatic heterocycles. The Kier molecular flexibility index (Phi) is 5.42. The molecule has 0 aliphatic carbocycles. The Morgan fingerprint density at radius 2 is 1.84 bits per heavy atom. The van der Waals surface area contributed by atoms with Crippen molar-refractivity contribution in [2.45, 2.75) is 65.0 Å². The van der Waals surface area contributed by atoms with Crippen LogP contribution in [-0.4, -0.2) is 23.9 Å². The van der Waals surface area contributed by atoms with Crippen LogP contribution in [0.15, 0.2) is 18.2 Å². The molecule has 0 radical (unpaired) electrons. The number of fused-ring (bicyclic) bond motifs is 2. The molecule has 136 valence electrons. The van der Waals surface area contributed by atoms with E-state index < -0.39 is 0 Å². The summed E-state index contributed by atoms with van der Waals surface area (Å²) in [4.78, 5) is 24.3. The molecule has 2 atom stereocenters. The van der Waals surface area contributed by atoms with Crippen LogP contribution in [0, 0.1) is 18.8 Å². The summed E-state index contributed by atoms with van der Waals surface area (Å²) >= 11 is 0. The second kappa shape index (κ2) is 7.56. The van der Waals surface area contributed by atoms with Gasteiger partial charge in [-0.05, 0) is 56.2 Å². The standard InChI is InChI=1S/C20H29N3O2/c1-12(2)20(25)22-17-5-4-13(3)18(11-17)23-19(24)10-14-8-15-6-7-16(9-14)21-15/h4-5,11-12,14-16,21H,6-10H2,1-3H3,(H,22,25)(H,23,24). The molecular weight excluding hydrogens is 314 g/mol. The summed E-state index contributed by atoms with van der Waals surface area (Å²) in [5.74, 6) is 0.450. The minimum absolute atomic E-state index is 0.0219. The van der Waals surface area contributed by atoms with Gasteiger partial charge in [0.15, 0.2) is 0 Å². The third-order valence-corrected chi connectivity index (χ3v) is 5.35. The summed E-state index contributed by atoms with van der Waals surface area (Å²) in [5.41, 5.74) is 2.50. The fraction of sp³-hybridized carbons (Fsp3) is 0.600. The third-order valence-electron chi connectivity index (χ3n) is 5.35. The van der Waals surface area contributed by atoms with Crippen LogP contribution in [0.4, 0.5) is 11.4 Å². The minimum Gasteiger partial charge on any atom is -0.326 e. The average Bonchev–Trinajstić information content (AvgIpc) is 2.89. The molecule has 3 rings (SSSR count). The van der Waals surface area contributed by atoms with Crippen molar-refractivity contribution >= 4 is 23.2 Å².